The predicted octanol–water partition coefficient (Wildman–Crippen LogP) is 3.59. The lowest BCUT2D eigenvalue weighted by Crippen LogP contribution is -2.33. The Labute approximate surface area is 165 Å². The van der Waals surface area contributed by atoms with Crippen molar-refractivity contribution in [3.8, 4) is 0 Å². The second kappa shape index (κ2) is 7.80. The van der Waals surface area contributed by atoms with E-state index >= 15 is 0 Å². The number of hydrogen-bond acceptors (Lipinski definition) is 4. The number of rotatable bonds is 4. The van der Waals surface area contributed by atoms with E-state index in [4.69, 9.17) is 0 Å². The maximum absolute atomic E-state index is 12.7. The SMILES string of the molecule is Cc1cccc(CNC(=O)c2cc(C)nc(N3CCc4ccccc4C3)n2)c1. The molecule has 0 saturated carbocycles. The molecule has 2 aromatic carbocycles. The van der Waals surface area contributed by atoms with Gasteiger partial charge in [0.05, 0.1) is 0 Å². The monoisotopic (exact) mass is 372 g/mol. The van der Waals surface area contributed by atoms with Crippen LogP contribution in [0.3, 0.4) is 0 Å². The first kappa shape index (κ1) is 18.2. The maximum Gasteiger partial charge on any atom is 0.270 e. The van der Waals surface area contributed by atoms with Gasteiger partial charge < -0.3 is 10.2 Å². The number of carbonyl (C=O) groups is 1. The van der Waals surface area contributed by atoms with Crippen molar-refractivity contribution < 1.29 is 4.79 Å². The van der Waals surface area contributed by atoms with Gasteiger partial charge >= 0.3 is 0 Å². The van der Waals surface area contributed by atoms with Crippen LogP contribution in [0, 0.1) is 13.8 Å². The van der Waals surface area contributed by atoms with Crippen molar-refractivity contribution in [3.63, 3.8) is 0 Å². The second-order valence-electron chi connectivity index (χ2n) is 7.31. The molecule has 1 N–H and O–H groups in total. The molecule has 1 aliphatic heterocycles. The van der Waals surface area contributed by atoms with Gasteiger partial charge in [0.1, 0.15) is 5.69 Å². The zero-order valence-electron chi connectivity index (χ0n) is 16.3. The molecule has 0 atom stereocenters. The van der Waals surface area contributed by atoms with Crippen molar-refractivity contribution in [2.75, 3.05) is 11.4 Å². The van der Waals surface area contributed by atoms with E-state index in [1.165, 1.54) is 16.7 Å². The standard InChI is InChI=1S/C23H24N4O/c1-16-6-5-7-18(12-16)14-24-22(28)21-13-17(2)25-23(26-21)27-11-10-19-8-3-4-9-20(19)15-27/h3-9,12-13H,10-11,14-15H2,1-2H3,(H,24,28). The van der Waals surface area contributed by atoms with Crippen LogP contribution in [0.15, 0.2) is 54.6 Å². The zero-order chi connectivity index (χ0) is 19.5. The number of carbonyl (C=O) groups excluding carboxylic acids is 1. The molecule has 0 radical (unpaired) electrons. The molecule has 0 aliphatic carbocycles. The Morgan fingerprint density at radius 3 is 2.68 bits per heavy atom. The highest BCUT2D eigenvalue weighted by Gasteiger charge is 2.20. The fourth-order valence-electron chi connectivity index (χ4n) is 3.57. The van der Waals surface area contributed by atoms with E-state index in [0.29, 0.717) is 18.2 Å². The van der Waals surface area contributed by atoms with Gasteiger partial charge in [-0.2, -0.15) is 0 Å². The van der Waals surface area contributed by atoms with Crippen LogP contribution in [0.1, 0.15) is 38.4 Å². The smallest absolute Gasteiger partial charge is 0.270 e. The summed E-state index contributed by atoms with van der Waals surface area (Å²) in [5.41, 5.74) is 6.13. The van der Waals surface area contributed by atoms with E-state index in [9.17, 15) is 4.79 Å². The summed E-state index contributed by atoms with van der Waals surface area (Å²) in [6.45, 7) is 6.05. The molecule has 0 unspecified atom stereocenters. The number of hydrogen-bond donors (Lipinski definition) is 1. The summed E-state index contributed by atoms with van der Waals surface area (Å²) in [5.74, 6) is 0.445. The normalized spacial score (nSPS) is 13.1. The molecular weight excluding hydrogens is 348 g/mol. The number of amides is 1. The molecular formula is C23H24N4O. The van der Waals surface area contributed by atoms with Gasteiger partial charge in [-0.25, -0.2) is 9.97 Å². The highest BCUT2D eigenvalue weighted by atomic mass is 16.1. The fourth-order valence-corrected chi connectivity index (χ4v) is 3.57. The number of anilines is 1. The molecule has 2 heterocycles. The molecule has 5 nitrogen and oxygen atoms in total. The third-order valence-corrected chi connectivity index (χ3v) is 5.02. The van der Waals surface area contributed by atoms with Crippen LogP contribution in [0.4, 0.5) is 5.95 Å². The van der Waals surface area contributed by atoms with E-state index in [2.05, 4.69) is 50.5 Å². The summed E-state index contributed by atoms with van der Waals surface area (Å²) in [6, 6.07) is 18.3. The number of fused-ring (bicyclic) bond motifs is 1. The molecule has 5 heteroatoms. The van der Waals surface area contributed by atoms with Gasteiger partial charge in [-0.1, -0.05) is 54.1 Å². The number of nitrogens with one attached hydrogen (secondary N) is 1. The van der Waals surface area contributed by atoms with Gasteiger partial charge in [0, 0.05) is 25.3 Å². The Balaban J connectivity index is 1.50. The molecule has 28 heavy (non-hydrogen) atoms. The topological polar surface area (TPSA) is 58.1 Å². The number of benzene rings is 2. The molecule has 0 fully saturated rings. The number of aryl methyl sites for hydroxylation is 2. The van der Waals surface area contributed by atoms with Gasteiger partial charge in [0.25, 0.3) is 5.91 Å². The van der Waals surface area contributed by atoms with Crippen molar-refractivity contribution in [1.29, 1.82) is 0 Å². The highest BCUT2D eigenvalue weighted by Crippen LogP contribution is 2.22. The molecule has 142 valence electrons. The van der Waals surface area contributed by atoms with Crippen molar-refractivity contribution in [1.82, 2.24) is 15.3 Å². The van der Waals surface area contributed by atoms with E-state index in [1.807, 2.05) is 32.0 Å². The molecule has 4 rings (SSSR count). The predicted molar refractivity (Wildman–Crippen MR) is 110 cm³/mol. The lowest BCUT2D eigenvalue weighted by atomic mass is 10.0. The Bertz CT molecular complexity index is 1010. The summed E-state index contributed by atoms with van der Waals surface area (Å²) < 4.78 is 0. The fraction of sp³-hybridized carbons (Fsp3) is 0.261. The maximum atomic E-state index is 12.7. The van der Waals surface area contributed by atoms with E-state index in [-0.39, 0.29) is 5.91 Å². The summed E-state index contributed by atoms with van der Waals surface area (Å²) in [7, 11) is 0. The van der Waals surface area contributed by atoms with Crippen LogP contribution in [-0.2, 0) is 19.5 Å². The second-order valence-corrected chi connectivity index (χ2v) is 7.31. The van der Waals surface area contributed by atoms with Gasteiger partial charge in [0.15, 0.2) is 0 Å². The first-order chi connectivity index (χ1) is 13.6. The minimum absolute atomic E-state index is 0.175. The van der Waals surface area contributed by atoms with E-state index in [0.717, 1.165) is 30.8 Å². The largest absolute Gasteiger partial charge is 0.347 e. The summed E-state index contributed by atoms with van der Waals surface area (Å²) in [5, 5.41) is 2.97. The number of aromatic nitrogens is 2. The van der Waals surface area contributed by atoms with Gasteiger partial charge in [-0.05, 0) is 43.0 Å². The lowest BCUT2D eigenvalue weighted by molar-refractivity contribution is 0.0945. The average Bonchev–Trinajstić information content (AvgIpc) is 2.71. The van der Waals surface area contributed by atoms with Crippen molar-refractivity contribution in [2.24, 2.45) is 0 Å². The van der Waals surface area contributed by atoms with Gasteiger partial charge in [-0.15, -0.1) is 0 Å². The third-order valence-electron chi connectivity index (χ3n) is 5.02. The van der Waals surface area contributed by atoms with Crippen molar-refractivity contribution in [2.45, 2.75) is 33.4 Å². The van der Waals surface area contributed by atoms with Crippen LogP contribution >= 0.6 is 0 Å². The highest BCUT2D eigenvalue weighted by molar-refractivity contribution is 5.92. The molecule has 0 spiro atoms. The Kier molecular flexibility index (Phi) is 5.06. The van der Waals surface area contributed by atoms with Gasteiger partial charge in [0.2, 0.25) is 5.95 Å². The molecule has 0 bridgehead atoms. The Morgan fingerprint density at radius 2 is 1.86 bits per heavy atom. The molecule has 0 saturated heterocycles. The summed E-state index contributed by atoms with van der Waals surface area (Å²) >= 11 is 0. The molecule has 1 aromatic heterocycles. The quantitative estimate of drug-likeness (QED) is 0.760. The zero-order valence-corrected chi connectivity index (χ0v) is 16.3. The van der Waals surface area contributed by atoms with Crippen molar-refractivity contribution >= 4 is 11.9 Å². The van der Waals surface area contributed by atoms with Crippen LogP contribution in [0.5, 0.6) is 0 Å². The van der Waals surface area contributed by atoms with E-state index < -0.39 is 0 Å². The van der Waals surface area contributed by atoms with Gasteiger partial charge in [-0.3, -0.25) is 4.79 Å². The number of nitrogens with zero attached hydrogens (tertiary/aromatic N) is 3. The van der Waals surface area contributed by atoms with Crippen LogP contribution in [0.2, 0.25) is 0 Å². The van der Waals surface area contributed by atoms with Crippen LogP contribution in [-0.4, -0.2) is 22.4 Å². The Hall–Kier alpha value is -3.21. The van der Waals surface area contributed by atoms with Crippen molar-refractivity contribution in [3.05, 3.63) is 88.2 Å². The molecule has 3 aromatic rings. The first-order valence-corrected chi connectivity index (χ1v) is 9.59. The van der Waals surface area contributed by atoms with Crippen LogP contribution < -0.4 is 10.2 Å². The van der Waals surface area contributed by atoms with Crippen LogP contribution in [0.25, 0.3) is 0 Å². The summed E-state index contributed by atoms with van der Waals surface area (Å²) in [6.07, 6.45) is 0.961. The molecule has 1 amide bonds. The average molecular weight is 372 g/mol. The minimum atomic E-state index is -0.175. The molecule has 1 aliphatic rings. The Morgan fingerprint density at radius 1 is 1.04 bits per heavy atom. The lowest BCUT2D eigenvalue weighted by Gasteiger charge is -2.29. The first-order valence-electron chi connectivity index (χ1n) is 9.59. The third kappa shape index (κ3) is 4.03. The summed E-state index contributed by atoms with van der Waals surface area (Å²) in [4.78, 5) is 24.0. The van der Waals surface area contributed by atoms with E-state index in [1.54, 1.807) is 6.07 Å². The minimum Gasteiger partial charge on any atom is -0.347 e.